The first-order valence-corrected chi connectivity index (χ1v) is 16.0. The predicted octanol–water partition coefficient (Wildman–Crippen LogP) is 3.17. The number of amides is 3. The lowest BCUT2D eigenvalue weighted by Gasteiger charge is -2.39. The maximum atomic E-state index is 14.6. The molecule has 46 heavy (non-hydrogen) atoms. The van der Waals surface area contributed by atoms with E-state index in [2.05, 4.69) is 20.8 Å². The van der Waals surface area contributed by atoms with Gasteiger partial charge in [0.1, 0.15) is 17.7 Å². The van der Waals surface area contributed by atoms with Gasteiger partial charge in [-0.15, -0.1) is 0 Å². The van der Waals surface area contributed by atoms with Gasteiger partial charge in [0.25, 0.3) is 5.91 Å². The standard InChI is InChI=1S/C34H40FN5O6/c1-44-30-9-6-21-7-10-32(41)36-18-22-14-23(35)17-24(15-22)46-29-12-13-40(19-28(29)37-33(42)20-45-31(30)16-21)34(43)11-8-27-25-4-2-3-5-26(25)38-39-27/h6,9,14-17,28-29H,2-5,7-8,10-13,18-20H2,1H3,(H,36,41)(H,37,42)(H,38,39)/t28-,29-/m1/s1. The number of rotatable bonds is 4. The summed E-state index contributed by atoms with van der Waals surface area (Å²) in [6, 6.07) is 9.08. The third kappa shape index (κ3) is 7.60. The van der Waals surface area contributed by atoms with Crippen LogP contribution >= 0.6 is 0 Å². The molecule has 2 atom stereocenters. The molecule has 244 valence electrons. The summed E-state index contributed by atoms with van der Waals surface area (Å²) < 4.78 is 32.2. The number of likely N-dealkylation sites (tertiary alicyclic amines) is 1. The maximum absolute atomic E-state index is 14.6. The summed E-state index contributed by atoms with van der Waals surface area (Å²) >= 11 is 0. The van der Waals surface area contributed by atoms with Crippen LogP contribution in [0.3, 0.4) is 0 Å². The van der Waals surface area contributed by atoms with Crippen LogP contribution in [0.1, 0.15) is 60.2 Å². The molecule has 0 saturated carbocycles. The Morgan fingerprint density at radius 2 is 1.93 bits per heavy atom. The van der Waals surface area contributed by atoms with Gasteiger partial charge in [0.05, 0.1) is 18.8 Å². The summed E-state index contributed by atoms with van der Waals surface area (Å²) in [4.78, 5) is 41.0. The molecule has 1 aromatic heterocycles. The van der Waals surface area contributed by atoms with Crippen LogP contribution < -0.4 is 24.8 Å². The molecule has 3 amide bonds. The second-order valence-electron chi connectivity index (χ2n) is 12.1. The number of fused-ring (bicyclic) bond motifs is 6. The lowest BCUT2D eigenvalue weighted by Crippen LogP contribution is -2.58. The van der Waals surface area contributed by atoms with Crippen molar-refractivity contribution in [3.8, 4) is 17.2 Å². The topological polar surface area (TPSA) is 135 Å². The van der Waals surface area contributed by atoms with Crippen LogP contribution in [0.25, 0.3) is 0 Å². The second kappa shape index (κ2) is 14.2. The van der Waals surface area contributed by atoms with Crippen molar-refractivity contribution in [3.05, 3.63) is 70.3 Å². The Hall–Kier alpha value is -4.61. The number of hydrogen-bond acceptors (Lipinski definition) is 7. The van der Waals surface area contributed by atoms with Gasteiger partial charge in [0, 0.05) is 57.1 Å². The smallest absolute Gasteiger partial charge is 0.258 e. The van der Waals surface area contributed by atoms with E-state index in [0.29, 0.717) is 49.3 Å². The first-order valence-electron chi connectivity index (χ1n) is 16.0. The highest BCUT2D eigenvalue weighted by Crippen LogP contribution is 2.29. The summed E-state index contributed by atoms with van der Waals surface area (Å²) in [7, 11) is 1.52. The second-order valence-corrected chi connectivity index (χ2v) is 12.1. The van der Waals surface area contributed by atoms with E-state index in [1.54, 1.807) is 23.1 Å². The van der Waals surface area contributed by atoms with Gasteiger partial charge in [-0.1, -0.05) is 6.07 Å². The molecule has 0 spiro atoms. The van der Waals surface area contributed by atoms with Crippen LogP contribution in [0, 0.1) is 5.82 Å². The van der Waals surface area contributed by atoms with Crippen molar-refractivity contribution >= 4 is 17.7 Å². The number of halogens is 1. The maximum Gasteiger partial charge on any atom is 0.258 e. The van der Waals surface area contributed by atoms with Crippen molar-refractivity contribution in [1.29, 1.82) is 0 Å². The van der Waals surface area contributed by atoms with Crippen molar-refractivity contribution in [2.75, 3.05) is 26.8 Å². The van der Waals surface area contributed by atoms with Crippen molar-refractivity contribution in [2.24, 2.45) is 0 Å². The SMILES string of the molecule is COc1ccc2cc1OCC(=O)N[C@@H]1CN(C(=O)CCc3n[nH]c4c3CCCC4)CC[C@H]1Oc1cc(F)cc(c1)CNC(=O)CC2. The van der Waals surface area contributed by atoms with Crippen molar-refractivity contribution < 1.29 is 33.0 Å². The van der Waals surface area contributed by atoms with Crippen LogP contribution in [0.15, 0.2) is 36.4 Å². The number of methoxy groups -OCH3 is 1. The van der Waals surface area contributed by atoms with E-state index in [4.69, 9.17) is 14.2 Å². The fourth-order valence-electron chi connectivity index (χ4n) is 6.47. The Morgan fingerprint density at radius 3 is 2.80 bits per heavy atom. The number of aromatic nitrogens is 2. The van der Waals surface area contributed by atoms with Gasteiger partial charge in [-0.2, -0.15) is 5.10 Å². The minimum absolute atomic E-state index is 0.0266. The van der Waals surface area contributed by atoms with Crippen LogP contribution in [0.2, 0.25) is 0 Å². The van der Waals surface area contributed by atoms with E-state index in [-0.39, 0.29) is 43.7 Å². The van der Waals surface area contributed by atoms with Crippen molar-refractivity contribution in [3.63, 3.8) is 0 Å². The number of nitrogens with one attached hydrogen (secondary N) is 3. The minimum atomic E-state index is -0.578. The Bertz CT molecular complexity index is 1590. The molecular weight excluding hydrogens is 593 g/mol. The zero-order valence-electron chi connectivity index (χ0n) is 26.0. The fraction of sp³-hybridized carbons (Fsp3) is 0.471. The van der Waals surface area contributed by atoms with Crippen LogP contribution in [0.5, 0.6) is 17.2 Å². The molecule has 12 heteroatoms. The first kappa shape index (κ1) is 31.4. The summed E-state index contributed by atoms with van der Waals surface area (Å²) in [5.41, 5.74) is 4.78. The minimum Gasteiger partial charge on any atom is -0.493 e. The number of carbonyl (C=O) groups is 3. The zero-order chi connectivity index (χ0) is 32.0. The predicted molar refractivity (Wildman–Crippen MR) is 166 cm³/mol. The van der Waals surface area contributed by atoms with Crippen LogP contribution in [0.4, 0.5) is 4.39 Å². The molecular formula is C34H40FN5O6. The summed E-state index contributed by atoms with van der Waals surface area (Å²) in [5.74, 6) is 0.0263. The lowest BCUT2D eigenvalue weighted by molar-refractivity contribution is -0.135. The number of piperidine rings is 1. The normalized spacial score (nSPS) is 20.4. The van der Waals surface area contributed by atoms with E-state index in [1.807, 2.05) is 6.07 Å². The number of nitrogens with zero attached hydrogens (tertiary/aromatic N) is 2. The number of benzene rings is 2. The fourth-order valence-corrected chi connectivity index (χ4v) is 6.47. The number of H-pyrrole nitrogens is 1. The molecule has 0 radical (unpaired) electrons. The number of carbonyl (C=O) groups excluding carboxylic acids is 3. The molecule has 2 aromatic carbocycles. The van der Waals surface area contributed by atoms with E-state index in [0.717, 1.165) is 36.9 Å². The van der Waals surface area contributed by atoms with Gasteiger partial charge >= 0.3 is 0 Å². The van der Waals surface area contributed by atoms with E-state index >= 15 is 0 Å². The monoisotopic (exact) mass is 633 g/mol. The molecule has 3 N–H and O–H groups in total. The molecule has 1 aliphatic carbocycles. The van der Waals surface area contributed by atoms with E-state index < -0.39 is 23.9 Å². The molecule has 4 bridgehead atoms. The molecule has 6 rings (SSSR count). The van der Waals surface area contributed by atoms with Crippen molar-refractivity contribution in [2.45, 2.75) is 76.5 Å². The molecule has 1 fully saturated rings. The summed E-state index contributed by atoms with van der Waals surface area (Å²) in [6.45, 7) is 0.486. The van der Waals surface area contributed by atoms with Gasteiger partial charge < -0.3 is 29.7 Å². The highest BCUT2D eigenvalue weighted by Gasteiger charge is 2.34. The molecule has 3 aliphatic rings. The number of aryl methyl sites for hydroxylation is 3. The molecule has 0 unspecified atom stereocenters. The Kier molecular flexibility index (Phi) is 9.70. The largest absolute Gasteiger partial charge is 0.493 e. The highest BCUT2D eigenvalue weighted by molar-refractivity contribution is 5.79. The number of aromatic amines is 1. The van der Waals surface area contributed by atoms with E-state index in [1.165, 1.54) is 30.5 Å². The Morgan fingerprint density at radius 1 is 1.07 bits per heavy atom. The molecule has 3 aromatic rings. The first-order chi connectivity index (χ1) is 22.3. The Balaban J connectivity index is 1.19. The van der Waals surface area contributed by atoms with Gasteiger partial charge in [-0.25, -0.2) is 4.39 Å². The number of ether oxygens (including phenoxy) is 3. The van der Waals surface area contributed by atoms with Gasteiger partial charge in [0.2, 0.25) is 11.8 Å². The molecule has 1 saturated heterocycles. The third-order valence-electron chi connectivity index (χ3n) is 8.90. The van der Waals surface area contributed by atoms with Crippen LogP contribution in [-0.4, -0.2) is 71.8 Å². The number of hydrogen-bond donors (Lipinski definition) is 3. The van der Waals surface area contributed by atoms with Gasteiger partial charge in [0.15, 0.2) is 18.1 Å². The quantitative estimate of drug-likeness (QED) is 0.402. The average Bonchev–Trinajstić information content (AvgIpc) is 3.47. The molecule has 11 nitrogen and oxygen atoms in total. The summed E-state index contributed by atoms with van der Waals surface area (Å²) in [6.07, 6.45) is 5.66. The lowest BCUT2D eigenvalue weighted by atomic mass is 9.94. The van der Waals surface area contributed by atoms with Gasteiger partial charge in [-0.05, 0) is 73.1 Å². The molecule has 2 aliphatic heterocycles. The van der Waals surface area contributed by atoms with E-state index in [9.17, 15) is 18.8 Å². The third-order valence-corrected chi connectivity index (χ3v) is 8.90. The Labute approximate surface area is 267 Å². The van der Waals surface area contributed by atoms with Gasteiger partial charge in [-0.3, -0.25) is 19.5 Å². The average molecular weight is 634 g/mol. The summed E-state index contributed by atoms with van der Waals surface area (Å²) in [5, 5.41) is 13.5. The molecule has 3 heterocycles. The zero-order valence-corrected chi connectivity index (χ0v) is 26.0. The van der Waals surface area contributed by atoms with Crippen LogP contribution in [-0.2, 0) is 46.6 Å². The highest BCUT2D eigenvalue weighted by atomic mass is 19.1. The van der Waals surface area contributed by atoms with Crippen molar-refractivity contribution in [1.82, 2.24) is 25.7 Å².